The number of allylic oxidation sites excluding steroid dienone is 1. The molecule has 0 unspecified atom stereocenters. The quantitative estimate of drug-likeness (QED) is 0.824. The van der Waals surface area contributed by atoms with Crippen molar-refractivity contribution in [3.63, 3.8) is 0 Å². The highest BCUT2D eigenvalue weighted by Crippen LogP contribution is 2.57. The third-order valence-corrected chi connectivity index (χ3v) is 5.58. The molecule has 0 heterocycles. The highest BCUT2D eigenvalue weighted by atomic mass is 16.4. The molecule has 4 saturated carbocycles. The molecule has 1 aromatic rings. The molecule has 1 N–H and O–H groups in total. The Morgan fingerprint density at radius 1 is 0.900 bits per heavy atom. The average molecular weight is 268 g/mol. The second-order valence-electron chi connectivity index (χ2n) is 6.81. The normalized spacial score (nSPS) is 34.3. The Morgan fingerprint density at radius 3 is 1.95 bits per heavy atom. The van der Waals surface area contributed by atoms with E-state index < -0.39 is 5.97 Å². The zero-order valence-corrected chi connectivity index (χ0v) is 11.6. The van der Waals surface area contributed by atoms with Crippen LogP contribution in [0.4, 0.5) is 0 Å². The van der Waals surface area contributed by atoms with Crippen LogP contribution in [-0.2, 0) is 4.79 Å². The molecule has 4 fully saturated rings. The van der Waals surface area contributed by atoms with Crippen LogP contribution >= 0.6 is 0 Å². The lowest BCUT2D eigenvalue weighted by Gasteiger charge is -2.52. The molecule has 0 amide bonds. The first-order valence-corrected chi connectivity index (χ1v) is 7.75. The van der Waals surface area contributed by atoms with Crippen molar-refractivity contribution in [3.8, 4) is 0 Å². The third-order valence-electron chi connectivity index (χ3n) is 5.58. The molecule has 2 nitrogen and oxygen atoms in total. The van der Waals surface area contributed by atoms with Crippen LogP contribution in [0, 0.1) is 23.7 Å². The smallest absolute Gasteiger partial charge is 0.336 e. The predicted octanol–water partition coefficient (Wildman–Crippen LogP) is 3.98. The topological polar surface area (TPSA) is 37.3 Å². The van der Waals surface area contributed by atoms with E-state index in [0.717, 1.165) is 17.4 Å². The molecule has 4 bridgehead atoms. The number of hydrogen-bond donors (Lipinski definition) is 1. The summed E-state index contributed by atoms with van der Waals surface area (Å²) in [5.74, 6) is 2.08. The number of carboxylic acid groups (broad SMARTS) is 1. The van der Waals surface area contributed by atoms with Crippen LogP contribution in [0.25, 0.3) is 5.57 Å². The fraction of sp³-hybridized carbons (Fsp3) is 0.500. The van der Waals surface area contributed by atoms with E-state index in [1.807, 2.05) is 30.3 Å². The number of carbonyl (C=O) groups is 1. The molecule has 2 heteroatoms. The monoisotopic (exact) mass is 268 g/mol. The van der Waals surface area contributed by atoms with Crippen molar-refractivity contribution < 1.29 is 9.90 Å². The first-order chi connectivity index (χ1) is 9.72. The highest BCUT2D eigenvalue weighted by molar-refractivity contribution is 6.16. The molecule has 4 aliphatic rings. The van der Waals surface area contributed by atoms with Crippen LogP contribution < -0.4 is 0 Å². The minimum Gasteiger partial charge on any atom is -0.478 e. The Morgan fingerprint density at radius 2 is 1.45 bits per heavy atom. The summed E-state index contributed by atoms with van der Waals surface area (Å²) in [5.41, 5.74) is 2.78. The number of rotatable bonds is 2. The molecule has 0 aromatic heterocycles. The van der Waals surface area contributed by atoms with Gasteiger partial charge in [-0.05, 0) is 66.9 Å². The zero-order valence-electron chi connectivity index (χ0n) is 11.6. The van der Waals surface area contributed by atoms with Crippen molar-refractivity contribution in [2.75, 3.05) is 0 Å². The molecular weight excluding hydrogens is 248 g/mol. The summed E-state index contributed by atoms with van der Waals surface area (Å²) in [6.45, 7) is 0. The molecule has 20 heavy (non-hydrogen) atoms. The van der Waals surface area contributed by atoms with E-state index >= 15 is 0 Å². The van der Waals surface area contributed by atoms with Gasteiger partial charge in [0.15, 0.2) is 0 Å². The lowest BCUT2D eigenvalue weighted by Crippen LogP contribution is -2.41. The predicted molar refractivity (Wildman–Crippen MR) is 78.0 cm³/mol. The Hall–Kier alpha value is -1.57. The van der Waals surface area contributed by atoms with Crippen LogP contribution in [0.2, 0.25) is 0 Å². The van der Waals surface area contributed by atoms with Crippen molar-refractivity contribution in [1.29, 1.82) is 0 Å². The zero-order chi connectivity index (χ0) is 13.7. The summed E-state index contributed by atoms with van der Waals surface area (Å²) in [4.78, 5) is 11.9. The number of carboxylic acids is 1. The molecule has 104 valence electrons. The summed E-state index contributed by atoms with van der Waals surface area (Å²) in [6, 6.07) is 9.72. The second kappa shape index (κ2) is 4.47. The van der Waals surface area contributed by atoms with Crippen molar-refractivity contribution in [2.24, 2.45) is 23.7 Å². The highest BCUT2D eigenvalue weighted by Gasteiger charge is 2.46. The van der Waals surface area contributed by atoms with E-state index in [0.29, 0.717) is 17.4 Å². The summed E-state index contributed by atoms with van der Waals surface area (Å²) in [7, 11) is 0. The van der Waals surface area contributed by atoms with Crippen LogP contribution in [0.15, 0.2) is 35.9 Å². The van der Waals surface area contributed by atoms with Gasteiger partial charge in [-0.25, -0.2) is 4.79 Å². The number of hydrogen-bond acceptors (Lipinski definition) is 1. The SMILES string of the molecule is O=C(O)C(=C1C2CC3CC(C2)CC1C3)c1ccccc1. The van der Waals surface area contributed by atoms with Gasteiger partial charge < -0.3 is 5.11 Å². The second-order valence-corrected chi connectivity index (χ2v) is 6.81. The molecule has 0 spiro atoms. The molecule has 4 aliphatic carbocycles. The summed E-state index contributed by atoms with van der Waals surface area (Å²) in [6.07, 6.45) is 6.31. The van der Waals surface area contributed by atoms with Crippen LogP contribution in [0.1, 0.15) is 37.7 Å². The van der Waals surface area contributed by atoms with Gasteiger partial charge in [-0.1, -0.05) is 30.3 Å². The molecule has 1 aromatic carbocycles. The molecule has 0 radical (unpaired) electrons. The molecule has 5 rings (SSSR count). The summed E-state index contributed by atoms with van der Waals surface area (Å²) >= 11 is 0. The summed E-state index contributed by atoms with van der Waals surface area (Å²) < 4.78 is 0. The Labute approximate surface area is 119 Å². The van der Waals surface area contributed by atoms with E-state index in [4.69, 9.17) is 0 Å². The minimum atomic E-state index is -0.737. The molecule has 0 saturated heterocycles. The first kappa shape index (κ1) is 12.2. The maximum atomic E-state index is 11.9. The van der Waals surface area contributed by atoms with Gasteiger partial charge in [-0.2, -0.15) is 0 Å². The Kier molecular flexibility index (Phi) is 2.73. The molecule has 0 aliphatic heterocycles. The van der Waals surface area contributed by atoms with Crippen LogP contribution in [-0.4, -0.2) is 11.1 Å². The largest absolute Gasteiger partial charge is 0.478 e. The van der Waals surface area contributed by atoms with E-state index in [1.54, 1.807) is 0 Å². The van der Waals surface area contributed by atoms with E-state index in [2.05, 4.69) is 0 Å². The van der Waals surface area contributed by atoms with Crippen molar-refractivity contribution in [1.82, 2.24) is 0 Å². The van der Waals surface area contributed by atoms with E-state index in [-0.39, 0.29) is 0 Å². The van der Waals surface area contributed by atoms with Gasteiger partial charge in [0.25, 0.3) is 0 Å². The lowest BCUT2D eigenvalue weighted by atomic mass is 9.53. The fourth-order valence-electron chi connectivity index (χ4n) is 5.12. The minimum absolute atomic E-state index is 0.539. The fourth-order valence-corrected chi connectivity index (χ4v) is 5.12. The van der Waals surface area contributed by atoms with Crippen LogP contribution in [0.5, 0.6) is 0 Å². The molecular formula is C18H20O2. The Balaban J connectivity index is 1.84. The van der Waals surface area contributed by atoms with Gasteiger partial charge in [0.2, 0.25) is 0 Å². The first-order valence-electron chi connectivity index (χ1n) is 7.75. The maximum absolute atomic E-state index is 11.9. The average Bonchev–Trinajstić information content (AvgIpc) is 2.42. The summed E-state index contributed by atoms with van der Waals surface area (Å²) in [5, 5.41) is 9.75. The number of benzene rings is 1. The third kappa shape index (κ3) is 1.81. The Bertz CT molecular complexity index is 540. The van der Waals surface area contributed by atoms with Crippen molar-refractivity contribution in [2.45, 2.75) is 32.1 Å². The van der Waals surface area contributed by atoms with Gasteiger partial charge >= 0.3 is 5.97 Å². The van der Waals surface area contributed by atoms with Crippen molar-refractivity contribution in [3.05, 3.63) is 41.5 Å². The number of aliphatic carboxylic acids is 1. The molecule has 0 atom stereocenters. The lowest BCUT2D eigenvalue weighted by molar-refractivity contribution is -0.130. The van der Waals surface area contributed by atoms with E-state index in [1.165, 1.54) is 37.7 Å². The van der Waals surface area contributed by atoms with Crippen molar-refractivity contribution >= 4 is 11.5 Å². The van der Waals surface area contributed by atoms with Gasteiger partial charge in [-0.3, -0.25) is 0 Å². The van der Waals surface area contributed by atoms with Gasteiger partial charge in [0, 0.05) is 0 Å². The van der Waals surface area contributed by atoms with Gasteiger partial charge in [0.05, 0.1) is 5.57 Å². The maximum Gasteiger partial charge on any atom is 0.336 e. The van der Waals surface area contributed by atoms with Gasteiger partial charge in [-0.15, -0.1) is 0 Å². The standard InChI is InChI=1S/C18H20O2/c19-18(20)17(13-4-2-1-3-5-13)16-14-7-11-6-12(9-14)10-15(16)8-11/h1-5,11-12,14-15H,6-10H2,(H,19,20). The van der Waals surface area contributed by atoms with Gasteiger partial charge in [0.1, 0.15) is 0 Å². The van der Waals surface area contributed by atoms with Crippen LogP contribution in [0.3, 0.4) is 0 Å². The van der Waals surface area contributed by atoms with E-state index in [9.17, 15) is 9.90 Å².